The van der Waals surface area contributed by atoms with E-state index in [1.165, 1.54) is 0 Å². The molecule has 0 spiro atoms. The summed E-state index contributed by atoms with van der Waals surface area (Å²) in [5, 5.41) is 3.73. The molecular formula is C16H16ClF2NO. The summed E-state index contributed by atoms with van der Waals surface area (Å²) in [5.41, 5.74) is 0.705. The van der Waals surface area contributed by atoms with Crippen molar-refractivity contribution in [3.05, 3.63) is 58.6 Å². The summed E-state index contributed by atoms with van der Waals surface area (Å²) in [6, 6.07) is 8.45. The molecule has 1 N–H and O–H groups in total. The molecule has 21 heavy (non-hydrogen) atoms. The van der Waals surface area contributed by atoms with Crippen LogP contribution in [-0.4, -0.2) is 6.04 Å². The third-order valence-electron chi connectivity index (χ3n) is 2.88. The molecule has 0 saturated carbocycles. The van der Waals surface area contributed by atoms with Crippen molar-refractivity contribution in [2.24, 2.45) is 0 Å². The average Bonchev–Trinajstić information content (AvgIpc) is 2.42. The monoisotopic (exact) mass is 311 g/mol. The SMILES string of the molecule is CC(C)NCc1c(Cl)cccc1Oc1cc(F)ccc1F. The highest BCUT2D eigenvalue weighted by atomic mass is 35.5. The summed E-state index contributed by atoms with van der Waals surface area (Å²) in [6.45, 7) is 4.48. The fraction of sp³-hybridized carbons (Fsp3) is 0.250. The topological polar surface area (TPSA) is 21.3 Å². The molecule has 0 aliphatic rings. The molecular weight excluding hydrogens is 296 g/mol. The lowest BCUT2D eigenvalue weighted by atomic mass is 10.2. The molecule has 0 aliphatic carbocycles. The minimum absolute atomic E-state index is 0.164. The average molecular weight is 312 g/mol. The van der Waals surface area contributed by atoms with Crippen molar-refractivity contribution < 1.29 is 13.5 Å². The van der Waals surface area contributed by atoms with E-state index in [0.29, 0.717) is 22.9 Å². The lowest BCUT2D eigenvalue weighted by molar-refractivity contribution is 0.429. The van der Waals surface area contributed by atoms with Crippen molar-refractivity contribution in [2.45, 2.75) is 26.4 Å². The van der Waals surface area contributed by atoms with Crippen LogP contribution in [0.5, 0.6) is 11.5 Å². The maximum Gasteiger partial charge on any atom is 0.165 e. The van der Waals surface area contributed by atoms with Gasteiger partial charge >= 0.3 is 0 Å². The first-order chi connectivity index (χ1) is 9.97. The number of halogens is 3. The van der Waals surface area contributed by atoms with Crippen LogP contribution in [0, 0.1) is 11.6 Å². The number of ether oxygens (including phenoxy) is 1. The Labute approximate surface area is 127 Å². The number of hydrogen-bond acceptors (Lipinski definition) is 2. The number of rotatable bonds is 5. The first-order valence-corrected chi connectivity index (χ1v) is 6.99. The molecule has 0 aliphatic heterocycles. The van der Waals surface area contributed by atoms with Crippen LogP contribution in [0.25, 0.3) is 0 Å². The van der Waals surface area contributed by atoms with Gasteiger partial charge in [0.15, 0.2) is 11.6 Å². The molecule has 0 heterocycles. The van der Waals surface area contributed by atoms with Gasteiger partial charge < -0.3 is 10.1 Å². The number of nitrogens with one attached hydrogen (secondary N) is 1. The van der Waals surface area contributed by atoms with Crippen LogP contribution in [0.2, 0.25) is 5.02 Å². The van der Waals surface area contributed by atoms with Gasteiger partial charge in [0.05, 0.1) is 0 Å². The van der Waals surface area contributed by atoms with Gasteiger partial charge in [0.25, 0.3) is 0 Å². The molecule has 0 amide bonds. The van der Waals surface area contributed by atoms with Crippen LogP contribution >= 0.6 is 11.6 Å². The predicted octanol–water partition coefficient (Wildman–Crippen LogP) is 4.91. The van der Waals surface area contributed by atoms with E-state index < -0.39 is 11.6 Å². The summed E-state index contributed by atoms with van der Waals surface area (Å²) < 4.78 is 32.4. The highest BCUT2D eigenvalue weighted by Crippen LogP contribution is 2.32. The lowest BCUT2D eigenvalue weighted by Gasteiger charge is -2.15. The molecule has 0 fully saturated rings. The molecule has 0 radical (unpaired) electrons. The summed E-state index contributed by atoms with van der Waals surface area (Å²) >= 11 is 6.16. The van der Waals surface area contributed by atoms with Crippen molar-refractivity contribution in [2.75, 3.05) is 0 Å². The second kappa shape index (κ2) is 6.87. The second-order valence-corrected chi connectivity index (χ2v) is 5.34. The van der Waals surface area contributed by atoms with Crippen LogP contribution < -0.4 is 10.1 Å². The van der Waals surface area contributed by atoms with E-state index >= 15 is 0 Å². The standard InChI is InChI=1S/C16H16ClF2NO/c1-10(2)20-9-12-13(17)4-3-5-15(12)21-16-8-11(18)6-7-14(16)19/h3-8,10,20H,9H2,1-2H3. The predicted molar refractivity (Wildman–Crippen MR) is 79.9 cm³/mol. The quantitative estimate of drug-likeness (QED) is 0.847. The second-order valence-electron chi connectivity index (χ2n) is 4.93. The van der Waals surface area contributed by atoms with Gasteiger partial charge in [-0.3, -0.25) is 0 Å². The van der Waals surface area contributed by atoms with Gasteiger partial charge in [-0.1, -0.05) is 31.5 Å². The van der Waals surface area contributed by atoms with Crippen molar-refractivity contribution >= 4 is 11.6 Å². The lowest BCUT2D eigenvalue weighted by Crippen LogP contribution is -2.22. The summed E-state index contributed by atoms with van der Waals surface area (Å²) in [6.07, 6.45) is 0. The van der Waals surface area contributed by atoms with Crippen molar-refractivity contribution in [1.29, 1.82) is 0 Å². The fourth-order valence-electron chi connectivity index (χ4n) is 1.79. The van der Waals surface area contributed by atoms with Gasteiger partial charge in [-0.2, -0.15) is 0 Å². The molecule has 2 aromatic carbocycles. The van der Waals surface area contributed by atoms with Crippen molar-refractivity contribution in [1.82, 2.24) is 5.32 Å². The largest absolute Gasteiger partial charge is 0.454 e. The van der Waals surface area contributed by atoms with E-state index in [2.05, 4.69) is 5.32 Å². The van der Waals surface area contributed by atoms with Crippen molar-refractivity contribution in [3.63, 3.8) is 0 Å². The molecule has 0 aromatic heterocycles. The Morgan fingerprint density at radius 1 is 1.14 bits per heavy atom. The van der Waals surface area contributed by atoms with E-state index in [1.807, 2.05) is 13.8 Å². The summed E-state index contributed by atoms with van der Waals surface area (Å²) in [5.74, 6) is -0.947. The van der Waals surface area contributed by atoms with Gasteiger partial charge in [-0.05, 0) is 24.3 Å². The van der Waals surface area contributed by atoms with E-state index in [0.717, 1.165) is 18.2 Å². The zero-order valence-electron chi connectivity index (χ0n) is 11.8. The summed E-state index contributed by atoms with van der Waals surface area (Å²) in [4.78, 5) is 0. The Balaban J connectivity index is 2.31. The van der Waals surface area contributed by atoms with E-state index in [4.69, 9.17) is 16.3 Å². The molecule has 2 nitrogen and oxygen atoms in total. The van der Waals surface area contributed by atoms with Crippen LogP contribution in [0.15, 0.2) is 36.4 Å². The Bertz CT molecular complexity index is 632. The van der Waals surface area contributed by atoms with Gasteiger partial charge in [0.1, 0.15) is 11.6 Å². The first-order valence-electron chi connectivity index (χ1n) is 6.61. The van der Waals surface area contributed by atoms with E-state index in [1.54, 1.807) is 18.2 Å². The van der Waals surface area contributed by atoms with Gasteiger partial charge in [-0.15, -0.1) is 0 Å². The van der Waals surface area contributed by atoms with Crippen molar-refractivity contribution in [3.8, 4) is 11.5 Å². The number of hydrogen-bond donors (Lipinski definition) is 1. The minimum atomic E-state index is -0.626. The van der Waals surface area contributed by atoms with Crippen LogP contribution in [-0.2, 0) is 6.54 Å². The van der Waals surface area contributed by atoms with E-state index in [-0.39, 0.29) is 11.8 Å². The minimum Gasteiger partial charge on any atom is -0.454 e. The number of benzene rings is 2. The first kappa shape index (κ1) is 15.7. The highest BCUT2D eigenvalue weighted by Gasteiger charge is 2.12. The van der Waals surface area contributed by atoms with Gasteiger partial charge in [0.2, 0.25) is 0 Å². The zero-order chi connectivity index (χ0) is 15.4. The highest BCUT2D eigenvalue weighted by molar-refractivity contribution is 6.31. The molecule has 0 saturated heterocycles. The third kappa shape index (κ3) is 4.16. The maximum atomic E-state index is 13.7. The Morgan fingerprint density at radius 2 is 1.90 bits per heavy atom. The molecule has 2 rings (SSSR count). The summed E-state index contributed by atoms with van der Waals surface area (Å²) in [7, 11) is 0. The maximum absolute atomic E-state index is 13.7. The Morgan fingerprint density at radius 3 is 2.62 bits per heavy atom. The Kier molecular flexibility index (Phi) is 5.15. The third-order valence-corrected chi connectivity index (χ3v) is 3.23. The van der Waals surface area contributed by atoms with Crippen LogP contribution in [0.4, 0.5) is 8.78 Å². The van der Waals surface area contributed by atoms with Gasteiger partial charge in [-0.25, -0.2) is 8.78 Å². The smallest absolute Gasteiger partial charge is 0.165 e. The zero-order valence-corrected chi connectivity index (χ0v) is 12.5. The van der Waals surface area contributed by atoms with Crippen LogP contribution in [0.1, 0.15) is 19.4 Å². The molecule has 0 bridgehead atoms. The normalized spacial score (nSPS) is 11.0. The molecule has 112 valence electrons. The molecule has 0 unspecified atom stereocenters. The van der Waals surface area contributed by atoms with Crippen LogP contribution in [0.3, 0.4) is 0 Å². The molecule has 2 aromatic rings. The van der Waals surface area contributed by atoms with E-state index in [9.17, 15) is 8.78 Å². The van der Waals surface area contributed by atoms with Gasteiger partial charge in [0, 0.05) is 29.2 Å². The Hall–Kier alpha value is -1.65. The molecule has 5 heteroatoms. The molecule has 0 atom stereocenters. The fourth-order valence-corrected chi connectivity index (χ4v) is 2.02.